The van der Waals surface area contributed by atoms with E-state index in [1.165, 1.54) is 33.5 Å². The second-order valence-electron chi connectivity index (χ2n) is 9.74. The summed E-state index contributed by atoms with van der Waals surface area (Å²) in [5, 5.41) is 3.18. The molecule has 1 fully saturated rings. The summed E-state index contributed by atoms with van der Waals surface area (Å²) in [5.41, 5.74) is 6.78. The lowest BCUT2D eigenvalue weighted by molar-refractivity contribution is -0.0514. The van der Waals surface area contributed by atoms with Crippen LogP contribution in [0.2, 0.25) is 0 Å². The third-order valence-electron chi connectivity index (χ3n) is 7.02. The molecule has 188 valence electrons. The minimum atomic E-state index is -0.208. The van der Waals surface area contributed by atoms with Gasteiger partial charge in [-0.3, -0.25) is 4.72 Å². The summed E-state index contributed by atoms with van der Waals surface area (Å²) in [6.45, 7) is 4.16. The van der Waals surface area contributed by atoms with Gasteiger partial charge in [-0.15, -0.1) is 11.3 Å². The monoisotopic (exact) mass is 522 g/mol. The molecule has 0 unspecified atom stereocenters. The van der Waals surface area contributed by atoms with E-state index in [1.54, 1.807) is 17.5 Å². The molecule has 9 heteroatoms. The number of ether oxygens (including phenoxy) is 2. The topological polar surface area (TPSA) is 75.7 Å². The Kier molecular flexibility index (Phi) is 6.88. The molecule has 6 rings (SSSR count). The van der Waals surface area contributed by atoms with Crippen molar-refractivity contribution in [2.24, 2.45) is 5.92 Å². The van der Waals surface area contributed by atoms with Gasteiger partial charge in [0.25, 0.3) is 0 Å². The van der Waals surface area contributed by atoms with Gasteiger partial charge in [-0.1, -0.05) is 12.1 Å². The van der Waals surface area contributed by atoms with Crippen molar-refractivity contribution in [2.45, 2.75) is 36.4 Å². The van der Waals surface area contributed by atoms with E-state index in [0.717, 1.165) is 73.0 Å². The SMILES string of the molecule is CN1CCc2sc(SNC(=O)Nc3c(-c4ccnc(OCC5COC5)c4)ccc4c3CCC4)cc2C1. The Morgan fingerprint density at radius 3 is 3.00 bits per heavy atom. The number of carbonyl (C=O) groups is 1. The number of anilines is 1. The van der Waals surface area contributed by atoms with Gasteiger partial charge in [-0.25, -0.2) is 9.78 Å². The molecule has 2 N–H and O–H groups in total. The molecule has 2 aliphatic heterocycles. The molecule has 0 saturated carbocycles. The van der Waals surface area contributed by atoms with Crippen LogP contribution in [0, 0.1) is 5.92 Å². The fourth-order valence-electron chi connectivity index (χ4n) is 5.02. The number of aromatic nitrogens is 1. The smallest absolute Gasteiger partial charge is 0.329 e. The van der Waals surface area contributed by atoms with Crippen molar-refractivity contribution in [3.63, 3.8) is 0 Å². The first-order valence-electron chi connectivity index (χ1n) is 12.5. The van der Waals surface area contributed by atoms with Gasteiger partial charge in [0, 0.05) is 41.7 Å². The van der Waals surface area contributed by atoms with E-state index < -0.39 is 0 Å². The van der Waals surface area contributed by atoms with Gasteiger partial charge in [0.2, 0.25) is 5.88 Å². The fraction of sp³-hybridized carbons (Fsp3) is 0.407. The van der Waals surface area contributed by atoms with E-state index in [-0.39, 0.29) is 6.03 Å². The van der Waals surface area contributed by atoms with Gasteiger partial charge in [-0.05, 0) is 79.1 Å². The Hall–Kier alpha value is -2.59. The Morgan fingerprint density at radius 1 is 1.22 bits per heavy atom. The van der Waals surface area contributed by atoms with Gasteiger partial charge in [0.1, 0.15) is 0 Å². The van der Waals surface area contributed by atoms with Crippen LogP contribution in [0.4, 0.5) is 10.5 Å². The maximum atomic E-state index is 13.1. The number of likely N-dealkylation sites (N-methyl/N-ethyl adjacent to an activating group) is 1. The second kappa shape index (κ2) is 10.4. The highest BCUT2D eigenvalue weighted by atomic mass is 32.2. The van der Waals surface area contributed by atoms with Crippen LogP contribution in [-0.4, -0.2) is 49.3 Å². The molecular weight excluding hydrogens is 492 g/mol. The zero-order chi connectivity index (χ0) is 24.5. The summed E-state index contributed by atoms with van der Waals surface area (Å²) in [7, 11) is 2.15. The van der Waals surface area contributed by atoms with E-state index >= 15 is 0 Å². The number of fused-ring (bicyclic) bond motifs is 2. The minimum absolute atomic E-state index is 0.208. The molecule has 0 bridgehead atoms. The summed E-state index contributed by atoms with van der Waals surface area (Å²) in [6.07, 6.45) is 5.96. The maximum Gasteiger partial charge on any atom is 0.329 e. The number of nitrogens with zero attached hydrogens (tertiary/aromatic N) is 2. The first kappa shape index (κ1) is 23.8. The van der Waals surface area contributed by atoms with Gasteiger partial charge in [0.05, 0.1) is 29.7 Å². The lowest BCUT2D eigenvalue weighted by Gasteiger charge is -2.25. The lowest BCUT2D eigenvalue weighted by Crippen LogP contribution is -2.32. The fourth-order valence-corrected chi connectivity index (χ4v) is 6.95. The molecule has 2 aromatic heterocycles. The zero-order valence-electron chi connectivity index (χ0n) is 20.3. The van der Waals surface area contributed by atoms with Crippen LogP contribution in [0.15, 0.2) is 40.7 Å². The van der Waals surface area contributed by atoms with Gasteiger partial charge in [-0.2, -0.15) is 0 Å². The molecule has 4 heterocycles. The van der Waals surface area contributed by atoms with Crippen LogP contribution in [0.25, 0.3) is 11.1 Å². The average molecular weight is 523 g/mol. The molecule has 0 spiro atoms. The molecule has 2 amide bonds. The van der Waals surface area contributed by atoms with Crippen LogP contribution in [0.5, 0.6) is 5.88 Å². The molecule has 7 nitrogen and oxygen atoms in total. The van der Waals surface area contributed by atoms with Crippen LogP contribution in [0.1, 0.15) is 28.0 Å². The predicted molar refractivity (Wildman–Crippen MR) is 144 cm³/mol. The molecule has 1 aromatic carbocycles. The number of nitrogens with one attached hydrogen (secondary N) is 2. The Balaban J connectivity index is 1.18. The second-order valence-corrected chi connectivity index (χ2v) is 12.0. The molecule has 0 radical (unpaired) electrons. The van der Waals surface area contributed by atoms with Crippen molar-refractivity contribution in [2.75, 3.05) is 38.7 Å². The predicted octanol–water partition coefficient (Wildman–Crippen LogP) is 5.14. The molecular formula is C27H30N4O3S2. The quantitative estimate of drug-likeness (QED) is 0.419. The molecule has 3 aromatic rings. The number of urea groups is 1. The van der Waals surface area contributed by atoms with Gasteiger partial charge < -0.3 is 19.7 Å². The molecule has 1 aliphatic carbocycles. The summed E-state index contributed by atoms with van der Waals surface area (Å²) in [5.74, 6) is 1.03. The summed E-state index contributed by atoms with van der Waals surface area (Å²) >= 11 is 3.18. The summed E-state index contributed by atoms with van der Waals surface area (Å²) in [4.78, 5) is 21.2. The van der Waals surface area contributed by atoms with Gasteiger partial charge in [0.15, 0.2) is 0 Å². The average Bonchev–Trinajstić information content (AvgIpc) is 3.49. The normalized spacial score (nSPS) is 17.2. The van der Waals surface area contributed by atoms with Crippen molar-refractivity contribution < 1.29 is 14.3 Å². The number of hydrogen-bond donors (Lipinski definition) is 2. The Morgan fingerprint density at radius 2 is 2.14 bits per heavy atom. The summed E-state index contributed by atoms with van der Waals surface area (Å²) < 4.78 is 15.3. The molecule has 0 atom stereocenters. The molecule has 1 saturated heterocycles. The number of hydrogen-bond acceptors (Lipinski definition) is 7. The molecule has 36 heavy (non-hydrogen) atoms. The van der Waals surface area contributed by atoms with E-state index in [9.17, 15) is 4.79 Å². The highest BCUT2D eigenvalue weighted by Gasteiger charge is 2.23. The van der Waals surface area contributed by atoms with Crippen molar-refractivity contribution >= 4 is 35.0 Å². The zero-order valence-corrected chi connectivity index (χ0v) is 22.0. The third-order valence-corrected chi connectivity index (χ3v) is 9.16. The molecule has 3 aliphatic rings. The number of rotatable bonds is 7. The first-order chi connectivity index (χ1) is 17.6. The highest BCUT2D eigenvalue weighted by molar-refractivity contribution is 7.99. The number of aryl methyl sites for hydroxylation is 1. The number of thiophene rings is 1. The van der Waals surface area contributed by atoms with Crippen molar-refractivity contribution in [3.05, 3.63) is 58.1 Å². The van der Waals surface area contributed by atoms with Crippen LogP contribution in [0.3, 0.4) is 0 Å². The van der Waals surface area contributed by atoms with E-state index in [1.807, 2.05) is 12.1 Å². The minimum Gasteiger partial charge on any atom is -0.477 e. The van der Waals surface area contributed by atoms with Crippen molar-refractivity contribution in [3.8, 4) is 17.0 Å². The van der Waals surface area contributed by atoms with Crippen molar-refractivity contribution in [1.29, 1.82) is 0 Å². The number of benzene rings is 1. The number of carbonyl (C=O) groups excluding carboxylic acids is 1. The number of amides is 2. The lowest BCUT2D eigenvalue weighted by atomic mass is 9.98. The Bertz CT molecular complexity index is 1270. The largest absolute Gasteiger partial charge is 0.477 e. The standard InChI is InChI=1S/C27H30N4O3S2/c1-31-10-8-23-20(13-31)12-25(35-23)36-30-27(32)29-26-21-4-2-3-18(21)5-6-22(26)19-7-9-28-24(11-19)34-16-17-14-33-15-17/h5-7,9,11-12,17H,2-4,8,10,13-16H2,1H3,(H2,29,30,32). The maximum absolute atomic E-state index is 13.1. The Labute approximate surface area is 219 Å². The third kappa shape index (κ3) is 5.11. The van der Waals surface area contributed by atoms with E-state index in [4.69, 9.17) is 9.47 Å². The highest BCUT2D eigenvalue weighted by Crippen LogP contribution is 2.38. The van der Waals surface area contributed by atoms with Crippen LogP contribution >= 0.6 is 23.3 Å². The number of pyridine rings is 1. The first-order valence-corrected chi connectivity index (χ1v) is 14.1. The van der Waals surface area contributed by atoms with Crippen LogP contribution < -0.4 is 14.8 Å². The van der Waals surface area contributed by atoms with E-state index in [0.29, 0.717) is 18.4 Å². The van der Waals surface area contributed by atoms with Gasteiger partial charge >= 0.3 is 6.03 Å². The summed E-state index contributed by atoms with van der Waals surface area (Å²) in [6, 6.07) is 10.2. The van der Waals surface area contributed by atoms with E-state index in [2.05, 4.69) is 45.2 Å². The van der Waals surface area contributed by atoms with Crippen molar-refractivity contribution in [1.82, 2.24) is 14.6 Å². The van der Waals surface area contributed by atoms with Crippen LogP contribution in [-0.2, 0) is 30.5 Å².